The normalized spacial score (nSPS) is 10.6. The van der Waals surface area contributed by atoms with Crippen molar-refractivity contribution in [2.45, 2.75) is 13.5 Å². The van der Waals surface area contributed by atoms with Crippen LogP contribution in [0.3, 0.4) is 0 Å². The molecule has 2 aromatic carbocycles. The summed E-state index contributed by atoms with van der Waals surface area (Å²) in [4.78, 5) is 25.6. The maximum Gasteiger partial charge on any atom is 0.320 e. The fraction of sp³-hybridized carbons (Fsp3) is 0.263. The van der Waals surface area contributed by atoms with E-state index in [0.29, 0.717) is 6.54 Å². The van der Waals surface area contributed by atoms with Crippen LogP contribution in [0.2, 0.25) is 0 Å². The third-order valence-electron chi connectivity index (χ3n) is 3.48. The number of carbonyl (C=O) groups is 2. The average molecular weight is 362 g/mol. The molecule has 0 fully saturated rings. The summed E-state index contributed by atoms with van der Waals surface area (Å²) >= 11 is 0. The molecule has 0 aliphatic carbocycles. The Morgan fingerprint density at radius 1 is 1.08 bits per heavy atom. The second-order valence-corrected chi connectivity index (χ2v) is 5.61. The number of hydrogen-bond donors (Lipinski definition) is 1. The number of benzene rings is 2. The number of nitrogens with zero attached hydrogens (tertiary/aromatic N) is 1. The van der Waals surface area contributed by atoms with Crippen molar-refractivity contribution in [3.8, 4) is 0 Å². The van der Waals surface area contributed by atoms with Gasteiger partial charge in [-0.3, -0.25) is 14.5 Å². The van der Waals surface area contributed by atoms with Gasteiger partial charge >= 0.3 is 5.97 Å². The lowest BCUT2D eigenvalue weighted by molar-refractivity contribution is -0.144. The maximum absolute atomic E-state index is 13.7. The zero-order chi connectivity index (χ0) is 18.9. The van der Waals surface area contributed by atoms with Gasteiger partial charge in [0.15, 0.2) is 0 Å². The van der Waals surface area contributed by atoms with Gasteiger partial charge < -0.3 is 10.1 Å². The minimum absolute atomic E-state index is 0.0954. The molecule has 0 aliphatic rings. The lowest BCUT2D eigenvalue weighted by Crippen LogP contribution is -2.37. The molecule has 0 bridgehead atoms. The van der Waals surface area contributed by atoms with Crippen LogP contribution in [0.1, 0.15) is 12.5 Å². The molecule has 0 aromatic heterocycles. The maximum atomic E-state index is 13.7. The zero-order valence-corrected chi connectivity index (χ0v) is 14.4. The van der Waals surface area contributed by atoms with Gasteiger partial charge in [-0.1, -0.05) is 30.3 Å². The van der Waals surface area contributed by atoms with E-state index >= 15 is 0 Å². The summed E-state index contributed by atoms with van der Waals surface area (Å²) in [7, 11) is 0. The van der Waals surface area contributed by atoms with Crippen LogP contribution in [0.5, 0.6) is 0 Å². The van der Waals surface area contributed by atoms with Gasteiger partial charge in [0.2, 0.25) is 5.91 Å². The van der Waals surface area contributed by atoms with Crippen LogP contribution in [-0.4, -0.2) is 36.5 Å². The molecule has 0 radical (unpaired) electrons. The van der Waals surface area contributed by atoms with Gasteiger partial charge in [0.05, 0.1) is 25.4 Å². The lowest BCUT2D eigenvalue weighted by atomic mass is 10.2. The van der Waals surface area contributed by atoms with Crippen LogP contribution in [0.25, 0.3) is 0 Å². The van der Waals surface area contributed by atoms with E-state index in [4.69, 9.17) is 4.74 Å². The molecular weight excluding hydrogens is 342 g/mol. The van der Waals surface area contributed by atoms with E-state index in [1.54, 1.807) is 11.8 Å². The number of rotatable bonds is 8. The molecule has 0 atom stereocenters. The minimum Gasteiger partial charge on any atom is -0.465 e. The van der Waals surface area contributed by atoms with Crippen molar-refractivity contribution >= 4 is 17.6 Å². The van der Waals surface area contributed by atoms with E-state index in [1.807, 2.05) is 30.3 Å². The van der Waals surface area contributed by atoms with Crippen molar-refractivity contribution in [2.75, 3.05) is 25.0 Å². The monoisotopic (exact) mass is 362 g/mol. The molecule has 2 aromatic rings. The molecule has 2 rings (SSSR count). The van der Waals surface area contributed by atoms with E-state index in [-0.39, 0.29) is 25.4 Å². The van der Waals surface area contributed by atoms with E-state index in [0.717, 1.165) is 23.8 Å². The van der Waals surface area contributed by atoms with Crippen LogP contribution in [0, 0.1) is 11.6 Å². The van der Waals surface area contributed by atoms with Gasteiger partial charge in [-0.05, 0) is 24.6 Å². The topological polar surface area (TPSA) is 58.6 Å². The molecule has 26 heavy (non-hydrogen) atoms. The highest BCUT2D eigenvalue weighted by atomic mass is 19.1. The molecule has 5 nitrogen and oxygen atoms in total. The second kappa shape index (κ2) is 9.62. The highest BCUT2D eigenvalue weighted by Crippen LogP contribution is 2.15. The summed E-state index contributed by atoms with van der Waals surface area (Å²) in [5.74, 6) is -2.42. The zero-order valence-electron chi connectivity index (χ0n) is 14.4. The van der Waals surface area contributed by atoms with Gasteiger partial charge in [-0.2, -0.15) is 0 Å². The number of ether oxygens (including phenoxy) is 1. The van der Waals surface area contributed by atoms with E-state index < -0.39 is 23.5 Å². The van der Waals surface area contributed by atoms with Crippen molar-refractivity contribution in [2.24, 2.45) is 0 Å². The van der Waals surface area contributed by atoms with E-state index in [1.165, 1.54) is 0 Å². The number of hydrogen-bond acceptors (Lipinski definition) is 4. The van der Waals surface area contributed by atoms with Crippen molar-refractivity contribution in [1.82, 2.24) is 4.90 Å². The first-order chi connectivity index (χ1) is 12.5. The van der Waals surface area contributed by atoms with Gasteiger partial charge in [0, 0.05) is 12.6 Å². The van der Waals surface area contributed by atoms with Gasteiger partial charge in [-0.25, -0.2) is 8.78 Å². The Hall–Kier alpha value is -2.80. The van der Waals surface area contributed by atoms with Gasteiger partial charge in [0.1, 0.15) is 11.6 Å². The summed E-state index contributed by atoms with van der Waals surface area (Å²) in [5, 5.41) is 2.32. The summed E-state index contributed by atoms with van der Waals surface area (Å²) < 4.78 is 31.8. The fourth-order valence-electron chi connectivity index (χ4n) is 2.38. The molecule has 0 saturated carbocycles. The number of anilines is 1. The Labute approximate surface area is 150 Å². The molecule has 0 unspecified atom stereocenters. The third kappa shape index (κ3) is 6.25. The Kier molecular flexibility index (Phi) is 7.23. The second-order valence-electron chi connectivity index (χ2n) is 5.61. The summed E-state index contributed by atoms with van der Waals surface area (Å²) in [6, 6.07) is 12.1. The van der Waals surface area contributed by atoms with Gasteiger partial charge in [-0.15, -0.1) is 0 Å². The first-order valence-corrected chi connectivity index (χ1v) is 8.14. The van der Waals surface area contributed by atoms with Crippen molar-refractivity contribution < 1.29 is 23.1 Å². The molecule has 0 heterocycles. The Morgan fingerprint density at radius 2 is 1.81 bits per heavy atom. The number of nitrogens with one attached hydrogen (secondary N) is 1. The lowest BCUT2D eigenvalue weighted by Gasteiger charge is -2.21. The predicted molar refractivity (Wildman–Crippen MR) is 93.3 cm³/mol. The van der Waals surface area contributed by atoms with Crippen LogP contribution in [0.4, 0.5) is 14.5 Å². The minimum atomic E-state index is -0.736. The third-order valence-corrected chi connectivity index (χ3v) is 3.48. The fourth-order valence-corrected chi connectivity index (χ4v) is 2.38. The molecule has 7 heteroatoms. The van der Waals surface area contributed by atoms with E-state index in [2.05, 4.69) is 5.32 Å². The van der Waals surface area contributed by atoms with Crippen molar-refractivity contribution in [3.63, 3.8) is 0 Å². The number of halogens is 2. The van der Waals surface area contributed by atoms with Crippen LogP contribution >= 0.6 is 0 Å². The highest BCUT2D eigenvalue weighted by Gasteiger charge is 2.17. The van der Waals surface area contributed by atoms with Crippen LogP contribution in [-0.2, 0) is 20.9 Å². The Bertz CT molecular complexity index is 754. The van der Waals surface area contributed by atoms with Gasteiger partial charge in [0.25, 0.3) is 0 Å². The number of esters is 1. The summed E-state index contributed by atoms with van der Waals surface area (Å²) in [6.45, 7) is 1.99. The van der Waals surface area contributed by atoms with Crippen molar-refractivity contribution in [1.29, 1.82) is 0 Å². The highest BCUT2D eigenvalue weighted by molar-refractivity contribution is 5.92. The SMILES string of the molecule is CCOC(=O)CN(CC(=O)Nc1cc(F)ccc1F)Cc1ccccc1. The molecule has 138 valence electrons. The van der Waals surface area contributed by atoms with E-state index in [9.17, 15) is 18.4 Å². The standard InChI is InChI=1S/C19H20F2N2O3/c1-2-26-19(25)13-23(11-14-6-4-3-5-7-14)12-18(24)22-17-10-15(20)8-9-16(17)21/h3-10H,2,11-13H2,1H3,(H,22,24). The molecular formula is C19H20F2N2O3. The van der Waals surface area contributed by atoms with Crippen LogP contribution in [0.15, 0.2) is 48.5 Å². The first kappa shape index (κ1) is 19.5. The number of carbonyl (C=O) groups excluding carboxylic acids is 2. The molecule has 0 saturated heterocycles. The molecule has 0 aliphatic heterocycles. The molecule has 1 N–H and O–H groups in total. The Balaban J connectivity index is 2.05. The largest absolute Gasteiger partial charge is 0.465 e. The Morgan fingerprint density at radius 3 is 2.50 bits per heavy atom. The molecule has 1 amide bonds. The quantitative estimate of drug-likeness (QED) is 0.734. The predicted octanol–water partition coefficient (Wildman–Crippen LogP) is 2.97. The smallest absolute Gasteiger partial charge is 0.320 e. The average Bonchev–Trinajstić information content (AvgIpc) is 2.59. The number of amides is 1. The molecule has 0 spiro atoms. The first-order valence-electron chi connectivity index (χ1n) is 8.14. The van der Waals surface area contributed by atoms with Crippen molar-refractivity contribution in [3.05, 3.63) is 65.7 Å². The van der Waals surface area contributed by atoms with Crippen LogP contribution < -0.4 is 5.32 Å². The summed E-state index contributed by atoms with van der Waals surface area (Å²) in [6.07, 6.45) is 0. The summed E-state index contributed by atoms with van der Waals surface area (Å²) in [5.41, 5.74) is 0.660.